The van der Waals surface area contributed by atoms with Crippen LogP contribution in [0.2, 0.25) is 0 Å². The topological polar surface area (TPSA) is 60.2 Å². The number of rotatable bonds is 0. The third-order valence-corrected chi connectivity index (χ3v) is 2.28. The van der Waals surface area contributed by atoms with Crippen LogP contribution in [0.5, 0.6) is 0 Å². The van der Waals surface area contributed by atoms with Crippen LogP contribution in [0, 0.1) is 0 Å². The molecule has 0 spiro atoms. The Kier molecular flexibility index (Phi) is 1.95. The lowest BCUT2D eigenvalue weighted by atomic mass is 10.1. The van der Waals surface area contributed by atoms with E-state index in [2.05, 4.69) is 0 Å². The Morgan fingerprint density at radius 1 is 1.55 bits per heavy atom. The SMILES string of the molecule is C[N+]1(C(N)=O)CCCCC1=O. The first kappa shape index (κ1) is 8.20. The number of nitrogens with zero attached hydrogens (tertiary/aromatic N) is 1. The average Bonchev–Trinajstić information content (AvgIpc) is 1.95. The van der Waals surface area contributed by atoms with Crippen LogP contribution < -0.4 is 5.73 Å². The lowest BCUT2D eigenvalue weighted by molar-refractivity contribution is -0.755. The van der Waals surface area contributed by atoms with Crippen molar-refractivity contribution in [3.05, 3.63) is 0 Å². The summed E-state index contributed by atoms with van der Waals surface area (Å²) in [6, 6.07) is -0.533. The van der Waals surface area contributed by atoms with Crippen molar-refractivity contribution < 1.29 is 14.1 Å². The number of primary amides is 1. The van der Waals surface area contributed by atoms with Gasteiger partial charge >= 0.3 is 11.9 Å². The summed E-state index contributed by atoms with van der Waals surface area (Å²) in [6.07, 6.45) is 2.28. The highest BCUT2D eigenvalue weighted by atomic mass is 16.2. The van der Waals surface area contributed by atoms with Gasteiger partial charge in [0.1, 0.15) is 0 Å². The van der Waals surface area contributed by atoms with Gasteiger partial charge in [0.2, 0.25) is 0 Å². The van der Waals surface area contributed by atoms with Crippen molar-refractivity contribution >= 4 is 11.9 Å². The molecule has 2 N–H and O–H groups in total. The molecule has 0 bridgehead atoms. The molecule has 11 heavy (non-hydrogen) atoms. The number of imide groups is 1. The summed E-state index contributed by atoms with van der Waals surface area (Å²) in [5, 5.41) is 0. The lowest BCUT2D eigenvalue weighted by Gasteiger charge is -2.29. The predicted octanol–water partition coefficient (Wildman–Crippen LogP) is 0.222. The Morgan fingerprint density at radius 3 is 2.55 bits per heavy atom. The van der Waals surface area contributed by atoms with Crippen molar-refractivity contribution in [2.45, 2.75) is 19.3 Å². The summed E-state index contributed by atoms with van der Waals surface area (Å²) < 4.78 is -0.208. The van der Waals surface area contributed by atoms with Crippen LogP contribution in [0.1, 0.15) is 19.3 Å². The minimum absolute atomic E-state index is 0.0521. The molecule has 3 amide bonds. The Balaban J connectivity index is 2.81. The summed E-state index contributed by atoms with van der Waals surface area (Å²) in [5.41, 5.74) is 5.10. The third kappa shape index (κ3) is 1.26. The summed E-state index contributed by atoms with van der Waals surface area (Å²) >= 11 is 0. The number of quaternary nitrogens is 1. The normalized spacial score (nSPS) is 31.9. The van der Waals surface area contributed by atoms with Gasteiger partial charge in [0, 0.05) is 0 Å². The van der Waals surface area contributed by atoms with Crippen molar-refractivity contribution in [2.24, 2.45) is 5.73 Å². The second-order valence-corrected chi connectivity index (χ2v) is 3.10. The second-order valence-electron chi connectivity index (χ2n) is 3.10. The molecular formula is C7H13N2O2+. The van der Waals surface area contributed by atoms with Crippen molar-refractivity contribution in [3.8, 4) is 0 Å². The molecule has 1 aliphatic heterocycles. The van der Waals surface area contributed by atoms with Gasteiger partial charge in [0.15, 0.2) is 0 Å². The monoisotopic (exact) mass is 157 g/mol. The maximum Gasteiger partial charge on any atom is 0.421 e. The van der Waals surface area contributed by atoms with Crippen molar-refractivity contribution in [1.29, 1.82) is 0 Å². The molecule has 0 radical (unpaired) electrons. The molecule has 0 aromatic rings. The molecule has 4 nitrogen and oxygen atoms in total. The van der Waals surface area contributed by atoms with E-state index in [9.17, 15) is 9.59 Å². The van der Waals surface area contributed by atoms with Crippen LogP contribution in [0.4, 0.5) is 4.79 Å². The molecule has 0 aliphatic carbocycles. The Hall–Kier alpha value is -0.900. The molecule has 0 aromatic heterocycles. The van der Waals surface area contributed by atoms with Crippen LogP contribution in [0.3, 0.4) is 0 Å². The lowest BCUT2D eigenvalue weighted by Crippen LogP contribution is -2.58. The number of urea groups is 1. The zero-order valence-electron chi connectivity index (χ0n) is 6.67. The standard InChI is InChI=1S/C7H12N2O2/c1-9(7(8)11)5-3-2-4-6(9)10/h2-5H2,1H3,(H-,8,11)/p+1. The number of hydrogen-bond donors (Lipinski definition) is 1. The largest absolute Gasteiger partial charge is 0.421 e. The number of carbonyl (C=O) groups is 2. The Morgan fingerprint density at radius 2 is 2.18 bits per heavy atom. The zero-order valence-corrected chi connectivity index (χ0v) is 6.67. The Labute approximate surface area is 65.6 Å². The quantitative estimate of drug-likeness (QED) is 0.511. The van der Waals surface area contributed by atoms with E-state index in [4.69, 9.17) is 5.73 Å². The fourth-order valence-electron chi connectivity index (χ4n) is 1.31. The van der Waals surface area contributed by atoms with Crippen LogP contribution in [-0.4, -0.2) is 30.0 Å². The first-order chi connectivity index (χ1) is 5.07. The number of likely N-dealkylation sites (tertiary alicyclic amines) is 1. The predicted molar refractivity (Wildman–Crippen MR) is 39.5 cm³/mol. The van der Waals surface area contributed by atoms with Gasteiger partial charge in [-0.15, -0.1) is 0 Å². The molecule has 62 valence electrons. The average molecular weight is 157 g/mol. The summed E-state index contributed by atoms with van der Waals surface area (Å²) in [5.74, 6) is -0.0521. The summed E-state index contributed by atoms with van der Waals surface area (Å²) in [6.45, 7) is 0.564. The van der Waals surface area contributed by atoms with Crippen molar-refractivity contribution in [2.75, 3.05) is 13.6 Å². The van der Waals surface area contributed by atoms with Crippen LogP contribution in [0.25, 0.3) is 0 Å². The maximum absolute atomic E-state index is 11.2. The van der Waals surface area contributed by atoms with E-state index in [1.165, 1.54) is 0 Å². The fraction of sp³-hybridized carbons (Fsp3) is 0.714. The van der Waals surface area contributed by atoms with E-state index >= 15 is 0 Å². The number of piperidine rings is 1. The Bertz CT molecular complexity index is 203. The molecule has 1 unspecified atom stereocenters. The van der Waals surface area contributed by atoms with Gasteiger partial charge in [0.25, 0.3) is 0 Å². The molecule has 1 fully saturated rings. The minimum atomic E-state index is -0.533. The van der Waals surface area contributed by atoms with E-state index in [1.54, 1.807) is 7.05 Å². The summed E-state index contributed by atoms with van der Waals surface area (Å²) in [7, 11) is 1.59. The van der Waals surface area contributed by atoms with Gasteiger partial charge in [-0.3, -0.25) is 0 Å². The molecule has 4 heteroatoms. The molecule has 1 atom stereocenters. The highest BCUT2D eigenvalue weighted by molar-refractivity contribution is 5.82. The first-order valence-electron chi connectivity index (χ1n) is 3.76. The van der Waals surface area contributed by atoms with Gasteiger partial charge in [0.05, 0.1) is 20.0 Å². The molecule has 1 heterocycles. The molecule has 0 aromatic carbocycles. The maximum atomic E-state index is 11.2. The smallest absolute Gasteiger partial charge is 0.318 e. The van der Waals surface area contributed by atoms with Gasteiger partial charge in [-0.1, -0.05) is 0 Å². The zero-order chi connectivity index (χ0) is 8.48. The fourth-order valence-corrected chi connectivity index (χ4v) is 1.31. The van der Waals surface area contributed by atoms with Gasteiger partial charge in [-0.2, -0.15) is 4.48 Å². The van der Waals surface area contributed by atoms with E-state index in [0.29, 0.717) is 13.0 Å². The number of amides is 3. The van der Waals surface area contributed by atoms with Crippen molar-refractivity contribution in [1.82, 2.24) is 0 Å². The second kappa shape index (κ2) is 2.62. The highest BCUT2D eigenvalue weighted by Crippen LogP contribution is 2.16. The van der Waals surface area contributed by atoms with Gasteiger partial charge in [-0.25, -0.2) is 9.59 Å². The molecule has 0 saturated carbocycles. The molecule has 1 saturated heterocycles. The van der Waals surface area contributed by atoms with E-state index in [-0.39, 0.29) is 10.4 Å². The van der Waals surface area contributed by atoms with Crippen LogP contribution >= 0.6 is 0 Å². The highest BCUT2D eigenvalue weighted by Gasteiger charge is 2.39. The van der Waals surface area contributed by atoms with Crippen molar-refractivity contribution in [3.63, 3.8) is 0 Å². The minimum Gasteiger partial charge on any atom is -0.318 e. The van der Waals surface area contributed by atoms with E-state index < -0.39 is 6.03 Å². The van der Waals surface area contributed by atoms with Crippen LogP contribution in [-0.2, 0) is 4.79 Å². The van der Waals surface area contributed by atoms with Gasteiger partial charge in [-0.05, 0) is 12.8 Å². The number of hydrogen-bond acceptors (Lipinski definition) is 2. The molecular weight excluding hydrogens is 144 g/mol. The van der Waals surface area contributed by atoms with E-state index in [1.807, 2.05) is 0 Å². The molecule has 1 rings (SSSR count). The van der Waals surface area contributed by atoms with E-state index in [0.717, 1.165) is 12.8 Å². The number of nitrogens with two attached hydrogens (primary N) is 1. The summed E-state index contributed by atoms with van der Waals surface area (Å²) in [4.78, 5) is 22.1. The van der Waals surface area contributed by atoms with Gasteiger partial charge < -0.3 is 5.73 Å². The van der Waals surface area contributed by atoms with Crippen LogP contribution in [0.15, 0.2) is 0 Å². The number of carbonyl (C=O) groups excluding carboxylic acids is 2. The third-order valence-electron chi connectivity index (χ3n) is 2.28. The molecule has 1 aliphatic rings. The first-order valence-corrected chi connectivity index (χ1v) is 3.76.